The second-order valence-electron chi connectivity index (χ2n) is 6.61. The fourth-order valence-corrected chi connectivity index (χ4v) is 3.03. The highest BCUT2D eigenvalue weighted by Crippen LogP contribution is 2.28. The number of ether oxygens (including phenoxy) is 1. The predicted octanol–water partition coefficient (Wildman–Crippen LogP) is 1.33. The molecule has 1 aliphatic heterocycles. The van der Waals surface area contributed by atoms with Gasteiger partial charge in [0, 0.05) is 29.0 Å². The van der Waals surface area contributed by atoms with Gasteiger partial charge in [-0.1, -0.05) is 19.0 Å². The van der Waals surface area contributed by atoms with E-state index in [1.165, 1.54) is 38.1 Å². The zero-order valence-electron chi connectivity index (χ0n) is 16.0. The number of nitro groups is 1. The number of azide groups is 1. The molecular weight excluding hydrogens is 398 g/mol. The quantitative estimate of drug-likeness (QED) is 0.0724. The fourth-order valence-electron chi connectivity index (χ4n) is 3.03. The minimum absolute atomic E-state index is 0.140. The molecule has 1 fully saturated rings. The van der Waals surface area contributed by atoms with Crippen LogP contribution in [0.4, 0.5) is 5.69 Å². The van der Waals surface area contributed by atoms with E-state index in [0.717, 1.165) is 0 Å². The Morgan fingerprint density at radius 3 is 2.43 bits per heavy atom. The van der Waals surface area contributed by atoms with Gasteiger partial charge in [-0.25, -0.2) is 4.79 Å². The SMILES string of the molecule is CC(N=[N+]=[N-])C1C(=O)NC1C(C)C(=O)C(=[N+]=[N-])C(=O)OCc1ccc([N+](=O)[O-])cc1. The molecule has 4 unspecified atom stereocenters. The maximum atomic E-state index is 12.6. The van der Waals surface area contributed by atoms with E-state index in [0.29, 0.717) is 5.56 Å². The normalized spacial score (nSPS) is 19.1. The van der Waals surface area contributed by atoms with Crippen LogP contribution in [0.1, 0.15) is 19.4 Å². The number of hydrogen-bond donors (Lipinski definition) is 1. The molecule has 1 saturated heterocycles. The summed E-state index contributed by atoms with van der Waals surface area (Å²) in [5.41, 5.74) is 17.1. The summed E-state index contributed by atoms with van der Waals surface area (Å²) in [6.07, 6.45) is 0. The van der Waals surface area contributed by atoms with Crippen LogP contribution in [0, 0.1) is 22.0 Å². The van der Waals surface area contributed by atoms with Gasteiger partial charge in [0.25, 0.3) is 11.5 Å². The number of benzene rings is 1. The first kappa shape index (κ1) is 22.2. The summed E-state index contributed by atoms with van der Waals surface area (Å²) in [7, 11) is 0. The van der Waals surface area contributed by atoms with Crippen molar-refractivity contribution < 1.29 is 28.8 Å². The first-order valence-electron chi connectivity index (χ1n) is 8.72. The minimum Gasteiger partial charge on any atom is -0.452 e. The zero-order valence-corrected chi connectivity index (χ0v) is 16.0. The van der Waals surface area contributed by atoms with E-state index >= 15 is 0 Å². The number of rotatable bonds is 9. The van der Waals surface area contributed by atoms with Crippen molar-refractivity contribution in [1.82, 2.24) is 5.32 Å². The van der Waals surface area contributed by atoms with Crippen LogP contribution in [0.3, 0.4) is 0 Å². The molecular formula is C17H17N7O6. The summed E-state index contributed by atoms with van der Waals surface area (Å²) in [6.45, 7) is 2.64. The molecule has 2 rings (SSSR count). The molecule has 30 heavy (non-hydrogen) atoms. The number of nitro benzene ring substituents is 1. The molecule has 4 atom stereocenters. The molecule has 1 heterocycles. The molecule has 13 nitrogen and oxygen atoms in total. The van der Waals surface area contributed by atoms with E-state index in [-0.39, 0.29) is 12.3 Å². The topological polar surface area (TPSA) is 201 Å². The van der Waals surface area contributed by atoms with Crippen LogP contribution in [0.5, 0.6) is 0 Å². The van der Waals surface area contributed by atoms with Crippen LogP contribution in [-0.4, -0.2) is 45.2 Å². The number of esters is 1. The van der Waals surface area contributed by atoms with Gasteiger partial charge in [-0.2, -0.15) is 4.79 Å². The summed E-state index contributed by atoms with van der Waals surface area (Å²) in [5, 5.41) is 16.6. The summed E-state index contributed by atoms with van der Waals surface area (Å²) in [5.74, 6) is -4.19. The van der Waals surface area contributed by atoms with Crippen molar-refractivity contribution in [3.63, 3.8) is 0 Å². The molecule has 0 radical (unpaired) electrons. The van der Waals surface area contributed by atoms with Crippen molar-refractivity contribution in [2.24, 2.45) is 17.0 Å². The summed E-state index contributed by atoms with van der Waals surface area (Å²) < 4.78 is 4.94. The van der Waals surface area contributed by atoms with Gasteiger partial charge in [0.2, 0.25) is 5.91 Å². The van der Waals surface area contributed by atoms with Gasteiger partial charge in [0.15, 0.2) is 0 Å². The second-order valence-corrected chi connectivity index (χ2v) is 6.61. The van der Waals surface area contributed by atoms with Crippen LogP contribution < -0.4 is 5.32 Å². The third kappa shape index (κ3) is 4.66. The number of hydrogen-bond acceptors (Lipinski definition) is 7. The zero-order chi connectivity index (χ0) is 22.4. The fraction of sp³-hybridized carbons (Fsp3) is 0.412. The largest absolute Gasteiger partial charge is 0.452 e. The van der Waals surface area contributed by atoms with E-state index in [1.807, 2.05) is 0 Å². The molecule has 0 aromatic heterocycles. The van der Waals surface area contributed by atoms with Gasteiger partial charge in [0.05, 0.1) is 16.9 Å². The van der Waals surface area contributed by atoms with Crippen molar-refractivity contribution in [3.8, 4) is 0 Å². The molecule has 13 heteroatoms. The van der Waals surface area contributed by atoms with Crippen molar-refractivity contribution in [2.75, 3.05) is 0 Å². The van der Waals surface area contributed by atoms with Crippen molar-refractivity contribution in [2.45, 2.75) is 32.5 Å². The molecule has 0 bridgehead atoms. The lowest BCUT2D eigenvalue weighted by Gasteiger charge is -2.41. The number of ketones is 1. The van der Waals surface area contributed by atoms with Crippen molar-refractivity contribution >= 4 is 29.1 Å². The van der Waals surface area contributed by atoms with Gasteiger partial charge in [-0.05, 0) is 23.2 Å². The lowest BCUT2D eigenvalue weighted by Crippen LogP contribution is -2.65. The van der Waals surface area contributed by atoms with Gasteiger partial charge in [0.1, 0.15) is 6.61 Å². The lowest BCUT2D eigenvalue weighted by atomic mass is 9.76. The number of amides is 1. The van der Waals surface area contributed by atoms with Gasteiger partial charge >= 0.3 is 11.7 Å². The molecule has 1 aromatic rings. The first-order valence-corrected chi connectivity index (χ1v) is 8.72. The molecule has 0 aliphatic carbocycles. The highest BCUT2D eigenvalue weighted by atomic mass is 16.6. The van der Waals surface area contributed by atoms with Crippen LogP contribution >= 0.6 is 0 Å². The molecule has 0 spiro atoms. The number of carbonyl (C=O) groups excluding carboxylic acids is 3. The number of β-lactam (4-membered cyclic amide) rings is 1. The third-order valence-electron chi connectivity index (χ3n) is 4.75. The van der Waals surface area contributed by atoms with E-state index in [4.69, 9.17) is 15.8 Å². The highest BCUT2D eigenvalue weighted by molar-refractivity contribution is 6.62. The Morgan fingerprint density at radius 2 is 1.93 bits per heavy atom. The summed E-state index contributed by atoms with van der Waals surface area (Å²) in [4.78, 5) is 52.0. The Bertz CT molecular complexity index is 979. The maximum absolute atomic E-state index is 12.6. The monoisotopic (exact) mass is 415 g/mol. The number of non-ortho nitro benzene ring substituents is 1. The average Bonchev–Trinajstić information content (AvgIpc) is 2.70. The van der Waals surface area contributed by atoms with E-state index in [2.05, 4.69) is 20.1 Å². The van der Waals surface area contributed by atoms with Crippen molar-refractivity contribution in [1.29, 1.82) is 0 Å². The van der Waals surface area contributed by atoms with E-state index in [9.17, 15) is 24.5 Å². The Hall–Kier alpha value is -4.08. The molecule has 156 valence electrons. The Balaban J connectivity index is 2.03. The summed E-state index contributed by atoms with van der Waals surface area (Å²) in [6, 6.07) is 3.76. The minimum atomic E-state index is -1.20. The molecule has 0 saturated carbocycles. The van der Waals surface area contributed by atoms with Gasteiger partial charge in [-0.15, -0.1) is 0 Å². The number of Topliss-reactive ketones (excluding diaryl/α,β-unsaturated/α-hetero) is 1. The second kappa shape index (κ2) is 9.41. The third-order valence-corrected chi connectivity index (χ3v) is 4.75. The number of nitrogens with one attached hydrogen (secondary N) is 1. The molecule has 1 amide bonds. The average molecular weight is 415 g/mol. The van der Waals surface area contributed by atoms with E-state index in [1.54, 1.807) is 0 Å². The van der Waals surface area contributed by atoms with Crippen LogP contribution in [0.25, 0.3) is 16.0 Å². The Morgan fingerprint density at radius 1 is 1.30 bits per heavy atom. The summed E-state index contributed by atoms with van der Waals surface area (Å²) >= 11 is 0. The van der Waals surface area contributed by atoms with Crippen LogP contribution in [0.15, 0.2) is 29.4 Å². The Labute approximate surface area is 169 Å². The first-order chi connectivity index (χ1) is 14.2. The maximum Gasteiger partial charge on any atom is 0.441 e. The Kier molecular flexibility index (Phi) is 6.97. The molecule has 1 N–H and O–H groups in total. The number of nitrogens with zero attached hydrogens (tertiary/aromatic N) is 6. The highest BCUT2D eigenvalue weighted by Gasteiger charge is 2.50. The molecule has 1 aliphatic rings. The van der Waals surface area contributed by atoms with Gasteiger partial charge < -0.3 is 15.6 Å². The predicted molar refractivity (Wildman–Crippen MR) is 99.7 cm³/mol. The lowest BCUT2D eigenvalue weighted by molar-refractivity contribution is -0.384. The van der Waals surface area contributed by atoms with Gasteiger partial charge in [-0.3, -0.25) is 19.7 Å². The number of carbonyl (C=O) groups is 3. The van der Waals surface area contributed by atoms with E-state index < -0.39 is 52.2 Å². The smallest absolute Gasteiger partial charge is 0.441 e. The van der Waals surface area contributed by atoms with Crippen LogP contribution in [-0.2, 0) is 25.7 Å². The molecule has 1 aromatic carbocycles. The van der Waals surface area contributed by atoms with Crippen LogP contribution in [0.2, 0.25) is 0 Å². The van der Waals surface area contributed by atoms with Crippen molar-refractivity contribution in [3.05, 3.63) is 55.9 Å². The standard InChI is InChI=1S/C17H17N7O6/c1-8(13-12(16(26)20-13)9(2)22-23-19)15(25)14(21-18)17(27)30-7-10-3-5-11(6-4-10)24(28)29/h3-6,8-9,12-13H,7H2,1-2H3,(H,20,26).